The number of guanidine groups is 1. The van der Waals surface area contributed by atoms with E-state index in [2.05, 4.69) is 33.1 Å². The van der Waals surface area contributed by atoms with Crippen LogP contribution >= 0.6 is 35.3 Å². The number of fused-ring (bicyclic) bond motifs is 1. The molecule has 0 radical (unpaired) electrons. The van der Waals surface area contributed by atoms with Crippen LogP contribution in [0.25, 0.3) is 0 Å². The Hall–Kier alpha value is -2.01. The van der Waals surface area contributed by atoms with E-state index in [1.807, 2.05) is 25.1 Å². The summed E-state index contributed by atoms with van der Waals surface area (Å²) in [7, 11) is 0. The van der Waals surface area contributed by atoms with Gasteiger partial charge < -0.3 is 24.8 Å². The molecule has 1 aromatic carbocycles. The van der Waals surface area contributed by atoms with E-state index in [4.69, 9.17) is 14.2 Å². The number of ether oxygens (including phenoxy) is 3. The van der Waals surface area contributed by atoms with E-state index in [1.165, 1.54) is 4.88 Å². The second kappa shape index (κ2) is 14.1. The normalized spacial score (nSPS) is 13.0. The van der Waals surface area contributed by atoms with Gasteiger partial charge in [0.2, 0.25) is 0 Å². The number of hydrogen-bond donors (Lipinski definition) is 2. The first kappa shape index (κ1) is 25.3. The summed E-state index contributed by atoms with van der Waals surface area (Å²) in [6.45, 7) is 4.81. The average Bonchev–Trinajstić information content (AvgIpc) is 3.15. The quantitative estimate of drug-likeness (QED) is 0.155. The van der Waals surface area contributed by atoms with E-state index >= 15 is 0 Å². The second-order valence-corrected chi connectivity index (χ2v) is 7.76. The third-order valence-electron chi connectivity index (χ3n) is 4.37. The predicted molar refractivity (Wildman–Crippen MR) is 135 cm³/mol. The summed E-state index contributed by atoms with van der Waals surface area (Å²) in [6.07, 6.45) is 2.79. The highest BCUT2D eigenvalue weighted by atomic mass is 127. The maximum absolute atomic E-state index is 11.5. The number of anilines is 1. The van der Waals surface area contributed by atoms with Crippen LogP contribution in [0.1, 0.15) is 31.1 Å². The number of nitrogens with one attached hydrogen (secondary N) is 2. The Morgan fingerprint density at radius 3 is 2.84 bits per heavy atom. The second-order valence-electron chi connectivity index (χ2n) is 6.73. The molecule has 0 saturated carbocycles. The number of aliphatic imine (C=N–C) groups is 1. The van der Waals surface area contributed by atoms with Crippen LogP contribution in [0.3, 0.4) is 0 Å². The summed E-state index contributed by atoms with van der Waals surface area (Å²) >= 11 is 1.74. The van der Waals surface area contributed by atoms with Crippen molar-refractivity contribution in [1.82, 2.24) is 5.32 Å². The number of esters is 1. The summed E-state index contributed by atoms with van der Waals surface area (Å²) in [5.41, 5.74) is 0.868. The van der Waals surface area contributed by atoms with Crippen molar-refractivity contribution in [2.75, 3.05) is 38.2 Å². The van der Waals surface area contributed by atoms with Crippen molar-refractivity contribution in [3.8, 4) is 11.5 Å². The zero-order valence-electron chi connectivity index (χ0n) is 17.7. The van der Waals surface area contributed by atoms with Gasteiger partial charge in [-0.2, -0.15) is 0 Å². The Balaban J connectivity index is 0.00000341. The highest BCUT2D eigenvalue weighted by molar-refractivity contribution is 14.0. The molecule has 0 bridgehead atoms. The Bertz CT molecular complexity index is 830. The molecule has 0 atom stereocenters. The van der Waals surface area contributed by atoms with Gasteiger partial charge in [-0.15, -0.1) is 35.3 Å². The van der Waals surface area contributed by atoms with Gasteiger partial charge in [0.25, 0.3) is 0 Å². The lowest BCUT2D eigenvalue weighted by Gasteiger charge is -2.14. The fourth-order valence-electron chi connectivity index (χ4n) is 2.92. The summed E-state index contributed by atoms with van der Waals surface area (Å²) in [4.78, 5) is 17.5. The molecule has 3 rings (SSSR count). The van der Waals surface area contributed by atoms with E-state index in [0.717, 1.165) is 36.6 Å². The third kappa shape index (κ3) is 8.94. The molecule has 1 aliphatic heterocycles. The molecule has 2 heterocycles. The first-order chi connectivity index (χ1) is 14.7. The Morgan fingerprint density at radius 2 is 2.06 bits per heavy atom. The van der Waals surface area contributed by atoms with Crippen molar-refractivity contribution in [2.24, 2.45) is 4.99 Å². The smallest absolute Gasteiger partial charge is 0.305 e. The SMILES string of the molecule is CCOC(=O)CCCN=C(NCCc1cccs1)Nc1ccc2c(c1)OCCCO2.I. The largest absolute Gasteiger partial charge is 0.490 e. The minimum atomic E-state index is -0.184. The molecule has 1 aliphatic rings. The lowest BCUT2D eigenvalue weighted by Crippen LogP contribution is -2.32. The van der Waals surface area contributed by atoms with E-state index < -0.39 is 0 Å². The Morgan fingerprint density at radius 1 is 1.23 bits per heavy atom. The molecule has 1 aromatic heterocycles. The van der Waals surface area contributed by atoms with Gasteiger partial charge in [-0.3, -0.25) is 9.79 Å². The topological polar surface area (TPSA) is 81.2 Å². The van der Waals surface area contributed by atoms with Crippen molar-refractivity contribution in [1.29, 1.82) is 0 Å². The molecule has 0 saturated heterocycles. The molecular weight excluding hydrogens is 529 g/mol. The zero-order valence-corrected chi connectivity index (χ0v) is 20.9. The molecule has 2 aromatic rings. The van der Waals surface area contributed by atoms with Crippen LogP contribution in [0, 0.1) is 0 Å². The van der Waals surface area contributed by atoms with Gasteiger partial charge in [-0.05, 0) is 43.3 Å². The van der Waals surface area contributed by atoms with Crippen LogP contribution in [0.5, 0.6) is 11.5 Å². The van der Waals surface area contributed by atoms with Crippen LogP contribution in [0.4, 0.5) is 5.69 Å². The summed E-state index contributed by atoms with van der Waals surface area (Å²) in [6, 6.07) is 9.96. The van der Waals surface area contributed by atoms with Crippen LogP contribution in [0.2, 0.25) is 0 Å². The molecule has 2 N–H and O–H groups in total. The molecule has 170 valence electrons. The maximum Gasteiger partial charge on any atom is 0.305 e. The number of nitrogens with zero attached hydrogens (tertiary/aromatic N) is 1. The number of thiophene rings is 1. The maximum atomic E-state index is 11.5. The van der Waals surface area contributed by atoms with E-state index in [9.17, 15) is 4.79 Å². The molecule has 0 amide bonds. The molecule has 0 fully saturated rings. The van der Waals surface area contributed by atoms with Crippen molar-refractivity contribution >= 4 is 52.9 Å². The van der Waals surface area contributed by atoms with Crippen LogP contribution in [-0.4, -0.2) is 44.8 Å². The van der Waals surface area contributed by atoms with Gasteiger partial charge in [0, 0.05) is 42.6 Å². The van der Waals surface area contributed by atoms with Crippen LogP contribution in [-0.2, 0) is 16.0 Å². The van der Waals surface area contributed by atoms with Gasteiger partial charge >= 0.3 is 5.97 Å². The highest BCUT2D eigenvalue weighted by Gasteiger charge is 2.11. The van der Waals surface area contributed by atoms with Crippen molar-refractivity contribution < 1.29 is 19.0 Å². The van der Waals surface area contributed by atoms with Gasteiger partial charge in [-0.1, -0.05) is 6.07 Å². The fraction of sp³-hybridized carbons (Fsp3) is 0.455. The van der Waals surface area contributed by atoms with Crippen molar-refractivity contribution in [3.63, 3.8) is 0 Å². The zero-order chi connectivity index (χ0) is 21.0. The third-order valence-corrected chi connectivity index (χ3v) is 5.30. The lowest BCUT2D eigenvalue weighted by atomic mass is 10.2. The van der Waals surface area contributed by atoms with Gasteiger partial charge in [0.1, 0.15) is 0 Å². The summed E-state index contributed by atoms with van der Waals surface area (Å²) in [5.74, 6) is 1.98. The first-order valence-corrected chi connectivity index (χ1v) is 11.3. The predicted octanol–water partition coefficient (Wildman–Crippen LogP) is 4.47. The van der Waals surface area contributed by atoms with Crippen LogP contribution < -0.4 is 20.1 Å². The van der Waals surface area contributed by atoms with E-state index in [-0.39, 0.29) is 29.9 Å². The standard InChI is InChI=1S/C22H29N3O4S.HI/c1-2-27-21(26)7-3-11-23-22(24-12-10-18-6-4-15-30-18)25-17-8-9-19-20(16-17)29-14-5-13-28-19;/h4,6,8-9,15-16H,2-3,5,7,10-14H2,1H3,(H2,23,24,25);1H. The summed E-state index contributed by atoms with van der Waals surface area (Å²) in [5, 5.41) is 8.78. The highest BCUT2D eigenvalue weighted by Crippen LogP contribution is 2.32. The summed E-state index contributed by atoms with van der Waals surface area (Å²) < 4.78 is 16.4. The fourth-order valence-corrected chi connectivity index (χ4v) is 3.63. The molecule has 0 spiro atoms. The Labute approximate surface area is 204 Å². The first-order valence-electron chi connectivity index (χ1n) is 10.4. The number of halogens is 1. The number of hydrogen-bond acceptors (Lipinski definition) is 6. The minimum Gasteiger partial charge on any atom is -0.490 e. The van der Waals surface area contributed by atoms with Crippen LogP contribution in [0.15, 0.2) is 40.7 Å². The van der Waals surface area contributed by atoms with E-state index in [1.54, 1.807) is 11.3 Å². The number of rotatable bonds is 9. The molecule has 0 aliphatic carbocycles. The van der Waals surface area contributed by atoms with Crippen molar-refractivity contribution in [3.05, 3.63) is 40.6 Å². The van der Waals surface area contributed by atoms with Gasteiger partial charge in [0.05, 0.1) is 19.8 Å². The lowest BCUT2D eigenvalue weighted by molar-refractivity contribution is -0.143. The van der Waals surface area contributed by atoms with Crippen molar-refractivity contribution in [2.45, 2.75) is 32.6 Å². The number of carbonyl (C=O) groups excluding carboxylic acids is 1. The monoisotopic (exact) mass is 559 g/mol. The Kier molecular flexibility index (Phi) is 11.5. The minimum absolute atomic E-state index is 0. The molecule has 0 unspecified atom stereocenters. The number of benzene rings is 1. The molecule has 9 heteroatoms. The number of carbonyl (C=O) groups is 1. The molecular formula is C22H30IN3O4S. The van der Waals surface area contributed by atoms with Gasteiger partial charge in [0.15, 0.2) is 17.5 Å². The molecule has 31 heavy (non-hydrogen) atoms. The molecule has 7 nitrogen and oxygen atoms in total. The van der Waals surface area contributed by atoms with Gasteiger partial charge in [-0.25, -0.2) is 0 Å². The average molecular weight is 559 g/mol. The van der Waals surface area contributed by atoms with E-state index in [0.29, 0.717) is 45.2 Å².